The van der Waals surface area contributed by atoms with Gasteiger partial charge in [-0.3, -0.25) is 0 Å². The number of aromatic nitrogens is 2. The largest absolute Gasteiger partial charge is 0.372 e. The fraction of sp³-hybridized carbons (Fsp3) is 0.296. The van der Waals surface area contributed by atoms with Crippen molar-refractivity contribution in [1.82, 2.24) is 4.40 Å². The van der Waals surface area contributed by atoms with Crippen LogP contribution in [-0.4, -0.2) is 17.5 Å². The number of rotatable bonds is 2. The standard InChI is InChI=1S/C27H28N3/c1-19(2)20-7-11-26-21(16-20)6-9-24-18-29-25-12-10-23(28-14-4-3-5-15-28)17-22(25)8-13-27(29)30(24)26/h6-13,16-19H,3-5,14-15H2,1-2H3/q+1. The average molecular weight is 395 g/mol. The van der Waals surface area contributed by atoms with Gasteiger partial charge in [0.05, 0.1) is 0 Å². The summed E-state index contributed by atoms with van der Waals surface area (Å²) < 4.78 is 4.73. The average Bonchev–Trinajstić information content (AvgIpc) is 3.18. The minimum absolute atomic E-state index is 0.541. The molecule has 1 fully saturated rings. The van der Waals surface area contributed by atoms with Gasteiger partial charge in [-0.2, -0.15) is 8.80 Å². The van der Waals surface area contributed by atoms with E-state index in [2.05, 4.69) is 94.4 Å². The van der Waals surface area contributed by atoms with Gasteiger partial charge < -0.3 is 4.90 Å². The van der Waals surface area contributed by atoms with Crippen LogP contribution in [0.5, 0.6) is 0 Å². The normalized spacial score (nSPS) is 15.2. The summed E-state index contributed by atoms with van der Waals surface area (Å²) in [6, 6.07) is 22.9. The molecule has 2 aromatic carbocycles. The van der Waals surface area contributed by atoms with Gasteiger partial charge in [0.2, 0.25) is 0 Å². The molecule has 0 atom stereocenters. The Kier molecular flexibility index (Phi) is 3.98. The molecule has 3 heteroatoms. The summed E-state index contributed by atoms with van der Waals surface area (Å²) in [6.07, 6.45) is 6.25. The van der Waals surface area contributed by atoms with Gasteiger partial charge in [0, 0.05) is 35.6 Å². The van der Waals surface area contributed by atoms with Crippen LogP contribution in [-0.2, 0) is 0 Å². The smallest absolute Gasteiger partial charge is 0.292 e. The van der Waals surface area contributed by atoms with Gasteiger partial charge in [0.15, 0.2) is 5.52 Å². The molecule has 1 aliphatic rings. The summed E-state index contributed by atoms with van der Waals surface area (Å²) in [7, 11) is 0. The highest BCUT2D eigenvalue weighted by Crippen LogP contribution is 2.27. The molecule has 30 heavy (non-hydrogen) atoms. The molecule has 1 saturated heterocycles. The monoisotopic (exact) mass is 394 g/mol. The molecule has 4 heterocycles. The zero-order chi connectivity index (χ0) is 20.2. The van der Waals surface area contributed by atoms with Gasteiger partial charge in [-0.1, -0.05) is 19.9 Å². The summed E-state index contributed by atoms with van der Waals surface area (Å²) in [5.41, 5.74) is 7.73. The van der Waals surface area contributed by atoms with E-state index in [4.69, 9.17) is 0 Å². The van der Waals surface area contributed by atoms with Crippen molar-refractivity contribution in [2.24, 2.45) is 0 Å². The zero-order valence-corrected chi connectivity index (χ0v) is 17.8. The summed E-state index contributed by atoms with van der Waals surface area (Å²) in [6.45, 7) is 6.87. The fourth-order valence-electron chi connectivity index (χ4n) is 5.08. The maximum Gasteiger partial charge on any atom is 0.292 e. The van der Waals surface area contributed by atoms with Crippen molar-refractivity contribution in [2.45, 2.75) is 39.0 Å². The Labute approximate surface area is 177 Å². The molecule has 1 aliphatic heterocycles. The van der Waals surface area contributed by atoms with Crippen LogP contribution in [0.2, 0.25) is 0 Å². The number of pyridine rings is 2. The topological polar surface area (TPSA) is 11.8 Å². The minimum atomic E-state index is 0.541. The van der Waals surface area contributed by atoms with Crippen molar-refractivity contribution in [3.8, 4) is 0 Å². The second kappa shape index (κ2) is 6.73. The molecule has 0 radical (unpaired) electrons. The number of imidazole rings is 1. The molecule has 3 nitrogen and oxygen atoms in total. The third-order valence-corrected chi connectivity index (χ3v) is 6.79. The maximum absolute atomic E-state index is 2.54. The Morgan fingerprint density at radius 1 is 0.800 bits per heavy atom. The van der Waals surface area contributed by atoms with Crippen molar-refractivity contribution in [3.05, 3.63) is 72.4 Å². The van der Waals surface area contributed by atoms with Crippen molar-refractivity contribution < 1.29 is 4.40 Å². The lowest BCUT2D eigenvalue weighted by molar-refractivity contribution is -0.479. The van der Waals surface area contributed by atoms with Crippen LogP contribution < -0.4 is 9.30 Å². The van der Waals surface area contributed by atoms with E-state index in [1.165, 1.54) is 76.6 Å². The van der Waals surface area contributed by atoms with E-state index in [0.29, 0.717) is 5.92 Å². The summed E-state index contributed by atoms with van der Waals surface area (Å²) >= 11 is 0. The van der Waals surface area contributed by atoms with Gasteiger partial charge in [-0.05, 0) is 79.3 Å². The molecule has 3 aromatic heterocycles. The van der Waals surface area contributed by atoms with Crippen LogP contribution in [0.1, 0.15) is 44.6 Å². The first-order valence-electron chi connectivity index (χ1n) is 11.3. The molecule has 0 N–H and O–H groups in total. The number of fused-ring (bicyclic) bond motifs is 7. The van der Waals surface area contributed by atoms with Crippen LogP contribution in [0.4, 0.5) is 5.69 Å². The van der Waals surface area contributed by atoms with Gasteiger partial charge in [0.25, 0.3) is 5.65 Å². The van der Waals surface area contributed by atoms with Crippen LogP contribution in [0.15, 0.2) is 66.9 Å². The van der Waals surface area contributed by atoms with E-state index in [1.54, 1.807) is 0 Å². The predicted octanol–water partition coefficient (Wildman–Crippen LogP) is 6.10. The first kappa shape index (κ1) is 17.8. The lowest BCUT2D eigenvalue weighted by atomic mass is 10.0. The van der Waals surface area contributed by atoms with E-state index < -0.39 is 0 Å². The van der Waals surface area contributed by atoms with Crippen molar-refractivity contribution in [3.63, 3.8) is 0 Å². The molecule has 150 valence electrons. The lowest BCUT2D eigenvalue weighted by Crippen LogP contribution is -2.29. The maximum atomic E-state index is 2.54. The number of benzene rings is 2. The van der Waals surface area contributed by atoms with Gasteiger partial charge in [0.1, 0.15) is 17.2 Å². The quantitative estimate of drug-likeness (QED) is 0.330. The molecular weight excluding hydrogens is 366 g/mol. The Hall–Kier alpha value is -3.07. The molecular formula is C27H28N3+. The molecule has 0 bridgehead atoms. The number of piperidine rings is 1. The van der Waals surface area contributed by atoms with E-state index in [1.807, 2.05) is 0 Å². The third-order valence-electron chi connectivity index (χ3n) is 6.79. The highest BCUT2D eigenvalue weighted by atomic mass is 15.1. The molecule has 6 rings (SSSR count). The van der Waals surface area contributed by atoms with E-state index in [-0.39, 0.29) is 0 Å². The molecule has 0 amide bonds. The number of nitrogens with zero attached hydrogens (tertiary/aromatic N) is 3. The van der Waals surface area contributed by atoms with E-state index in [9.17, 15) is 0 Å². The van der Waals surface area contributed by atoms with Gasteiger partial charge in [-0.25, -0.2) is 0 Å². The highest BCUT2D eigenvalue weighted by Gasteiger charge is 2.18. The molecule has 0 unspecified atom stereocenters. The Bertz CT molecular complexity index is 1400. The van der Waals surface area contributed by atoms with Crippen molar-refractivity contribution in [1.29, 1.82) is 0 Å². The van der Waals surface area contributed by atoms with Crippen LogP contribution in [0.25, 0.3) is 33.0 Å². The first-order valence-corrected chi connectivity index (χ1v) is 11.3. The Morgan fingerprint density at radius 3 is 2.47 bits per heavy atom. The van der Waals surface area contributed by atoms with Gasteiger partial charge >= 0.3 is 0 Å². The Morgan fingerprint density at radius 2 is 1.63 bits per heavy atom. The SMILES string of the molecule is CC(C)c1ccc2c(ccc3c[n+]4c5ccc(N6CCCCC6)cc5ccc4n32)c1. The molecule has 0 aliphatic carbocycles. The second-order valence-corrected chi connectivity index (χ2v) is 9.05. The third kappa shape index (κ3) is 2.68. The highest BCUT2D eigenvalue weighted by molar-refractivity contribution is 5.87. The van der Waals surface area contributed by atoms with E-state index in [0.717, 1.165) is 0 Å². The van der Waals surface area contributed by atoms with Gasteiger partial charge in [-0.15, -0.1) is 0 Å². The number of hydrogen-bond donors (Lipinski definition) is 0. The number of anilines is 1. The molecule has 5 aromatic rings. The predicted molar refractivity (Wildman–Crippen MR) is 126 cm³/mol. The minimum Gasteiger partial charge on any atom is -0.372 e. The van der Waals surface area contributed by atoms with Crippen LogP contribution in [0.3, 0.4) is 0 Å². The van der Waals surface area contributed by atoms with Crippen molar-refractivity contribution in [2.75, 3.05) is 18.0 Å². The van der Waals surface area contributed by atoms with Crippen molar-refractivity contribution >= 4 is 38.7 Å². The summed E-state index contributed by atoms with van der Waals surface area (Å²) in [5.74, 6) is 0.541. The number of hydrogen-bond acceptors (Lipinski definition) is 1. The van der Waals surface area contributed by atoms with Crippen LogP contribution >= 0.6 is 0 Å². The van der Waals surface area contributed by atoms with Crippen LogP contribution in [0, 0.1) is 0 Å². The Balaban J connectivity index is 1.56. The van der Waals surface area contributed by atoms with E-state index >= 15 is 0 Å². The lowest BCUT2D eigenvalue weighted by Gasteiger charge is -2.28. The second-order valence-electron chi connectivity index (χ2n) is 9.05. The summed E-state index contributed by atoms with van der Waals surface area (Å²) in [4.78, 5) is 2.54. The molecule has 0 spiro atoms. The summed E-state index contributed by atoms with van der Waals surface area (Å²) in [5, 5.41) is 2.60. The molecule has 0 saturated carbocycles. The fourth-order valence-corrected chi connectivity index (χ4v) is 5.08. The first-order chi connectivity index (χ1) is 14.7. The zero-order valence-electron chi connectivity index (χ0n) is 17.8.